The summed E-state index contributed by atoms with van der Waals surface area (Å²) in [4.78, 5) is 0. The molecular weight excluding hydrogens is 292 g/mol. The Balaban J connectivity index is 1.84. The maximum Gasteiger partial charge on any atom is 0.115 e. The predicted octanol–water partition coefficient (Wildman–Crippen LogP) is 6.20. The fourth-order valence-electron chi connectivity index (χ4n) is 4.38. The van der Waals surface area contributed by atoms with Crippen LogP contribution in [0.3, 0.4) is 0 Å². The molecule has 0 spiro atoms. The minimum Gasteiger partial charge on any atom is -0.508 e. The highest BCUT2D eigenvalue weighted by Gasteiger charge is 2.38. The summed E-state index contributed by atoms with van der Waals surface area (Å²) < 4.78 is 0. The van der Waals surface area contributed by atoms with Crippen molar-refractivity contribution in [1.29, 1.82) is 0 Å². The molecule has 3 atom stereocenters. The van der Waals surface area contributed by atoms with Crippen molar-refractivity contribution in [2.75, 3.05) is 0 Å². The van der Waals surface area contributed by atoms with Gasteiger partial charge in [0, 0.05) is 0 Å². The van der Waals surface area contributed by atoms with Crippen LogP contribution in [0.4, 0.5) is 0 Å². The maximum atomic E-state index is 9.57. The summed E-state index contributed by atoms with van der Waals surface area (Å²) in [5.41, 5.74) is 4.36. The predicted molar refractivity (Wildman–Crippen MR) is 102 cm³/mol. The van der Waals surface area contributed by atoms with E-state index < -0.39 is 0 Å². The molecule has 0 radical (unpaired) electrons. The van der Waals surface area contributed by atoms with E-state index in [1.54, 1.807) is 0 Å². The average molecular weight is 322 g/mol. The second-order valence-corrected chi connectivity index (χ2v) is 8.27. The quantitative estimate of drug-likeness (QED) is 0.713. The van der Waals surface area contributed by atoms with Gasteiger partial charge in [0.25, 0.3) is 0 Å². The van der Waals surface area contributed by atoms with Gasteiger partial charge < -0.3 is 5.11 Å². The summed E-state index contributed by atoms with van der Waals surface area (Å²) in [5, 5.41) is 9.57. The Morgan fingerprint density at radius 1 is 0.917 bits per heavy atom. The molecule has 1 N–H and O–H groups in total. The SMILES string of the molecule is Cc1ccc(C(C)(C)C2CCC(C)C(c3ccc(O)cc3)C2)cc1. The van der Waals surface area contributed by atoms with E-state index in [0.717, 1.165) is 0 Å². The summed E-state index contributed by atoms with van der Waals surface area (Å²) >= 11 is 0. The van der Waals surface area contributed by atoms with Crippen molar-refractivity contribution < 1.29 is 5.11 Å². The summed E-state index contributed by atoms with van der Waals surface area (Å²) in [6.45, 7) is 9.35. The lowest BCUT2D eigenvalue weighted by Crippen LogP contribution is -2.34. The van der Waals surface area contributed by atoms with Crippen molar-refractivity contribution in [2.24, 2.45) is 11.8 Å². The van der Waals surface area contributed by atoms with Gasteiger partial charge in [-0.1, -0.05) is 62.7 Å². The van der Waals surface area contributed by atoms with Crippen LogP contribution in [0.2, 0.25) is 0 Å². The lowest BCUT2D eigenvalue weighted by molar-refractivity contribution is 0.177. The molecule has 1 heteroatoms. The van der Waals surface area contributed by atoms with Crippen LogP contribution in [0.25, 0.3) is 0 Å². The number of benzene rings is 2. The number of aromatic hydroxyl groups is 1. The van der Waals surface area contributed by atoms with Crippen LogP contribution < -0.4 is 0 Å². The third-order valence-corrected chi connectivity index (χ3v) is 6.33. The van der Waals surface area contributed by atoms with Gasteiger partial charge >= 0.3 is 0 Å². The fourth-order valence-corrected chi connectivity index (χ4v) is 4.38. The van der Waals surface area contributed by atoms with E-state index >= 15 is 0 Å². The fraction of sp³-hybridized carbons (Fsp3) is 0.478. The molecule has 1 saturated carbocycles. The van der Waals surface area contributed by atoms with E-state index in [-0.39, 0.29) is 5.41 Å². The van der Waals surface area contributed by atoms with Gasteiger partial charge in [-0.25, -0.2) is 0 Å². The minimum atomic E-state index is 0.197. The number of rotatable bonds is 3. The Morgan fingerprint density at radius 2 is 1.54 bits per heavy atom. The highest BCUT2D eigenvalue weighted by atomic mass is 16.3. The monoisotopic (exact) mass is 322 g/mol. The van der Waals surface area contributed by atoms with Gasteiger partial charge in [0.05, 0.1) is 0 Å². The Hall–Kier alpha value is -1.76. The molecule has 0 saturated heterocycles. The number of hydrogen-bond donors (Lipinski definition) is 1. The molecule has 3 unspecified atom stereocenters. The summed E-state index contributed by atoms with van der Waals surface area (Å²) in [6.07, 6.45) is 3.81. The molecule has 1 nitrogen and oxygen atoms in total. The van der Waals surface area contributed by atoms with Gasteiger partial charge in [-0.3, -0.25) is 0 Å². The van der Waals surface area contributed by atoms with Crippen molar-refractivity contribution in [1.82, 2.24) is 0 Å². The second-order valence-electron chi connectivity index (χ2n) is 8.27. The third-order valence-electron chi connectivity index (χ3n) is 6.33. The zero-order chi connectivity index (χ0) is 17.3. The van der Waals surface area contributed by atoms with Gasteiger partial charge in [0.1, 0.15) is 5.75 Å². The van der Waals surface area contributed by atoms with Crippen LogP contribution in [0, 0.1) is 18.8 Å². The van der Waals surface area contributed by atoms with Crippen LogP contribution >= 0.6 is 0 Å². The van der Waals surface area contributed by atoms with Gasteiger partial charge in [0.15, 0.2) is 0 Å². The smallest absolute Gasteiger partial charge is 0.115 e. The van der Waals surface area contributed by atoms with E-state index in [1.807, 2.05) is 12.1 Å². The molecule has 3 rings (SSSR count). The van der Waals surface area contributed by atoms with Gasteiger partial charge in [0.2, 0.25) is 0 Å². The van der Waals surface area contributed by atoms with Crippen LogP contribution in [-0.2, 0) is 5.41 Å². The topological polar surface area (TPSA) is 20.2 Å². The van der Waals surface area contributed by atoms with Gasteiger partial charge in [-0.2, -0.15) is 0 Å². The molecule has 0 amide bonds. The molecule has 1 fully saturated rings. The summed E-state index contributed by atoms with van der Waals surface area (Å²) in [7, 11) is 0. The minimum absolute atomic E-state index is 0.197. The molecular formula is C23H30O. The molecule has 1 aliphatic rings. The summed E-state index contributed by atoms with van der Waals surface area (Å²) in [6, 6.07) is 17.0. The van der Waals surface area contributed by atoms with Gasteiger partial charge in [-0.05, 0) is 72.6 Å². The van der Waals surface area contributed by atoms with Crippen LogP contribution in [0.15, 0.2) is 48.5 Å². The average Bonchev–Trinajstić information content (AvgIpc) is 2.56. The van der Waals surface area contributed by atoms with Crippen molar-refractivity contribution >= 4 is 0 Å². The van der Waals surface area contributed by atoms with Crippen molar-refractivity contribution in [3.63, 3.8) is 0 Å². The van der Waals surface area contributed by atoms with Crippen LogP contribution in [0.5, 0.6) is 5.75 Å². The van der Waals surface area contributed by atoms with Gasteiger partial charge in [-0.15, -0.1) is 0 Å². The maximum absolute atomic E-state index is 9.57. The number of phenolic OH excluding ortho intramolecular Hbond substituents is 1. The van der Waals surface area contributed by atoms with Crippen molar-refractivity contribution in [3.05, 3.63) is 65.2 Å². The molecule has 128 valence electrons. The van der Waals surface area contributed by atoms with Crippen molar-refractivity contribution in [3.8, 4) is 5.75 Å². The summed E-state index contributed by atoms with van der Waals surface area (Å²) in [5.74, 6) is 2.35. The standard InChI is InChI=1S/C23H30O/c1-16-5-10-19(11-6-16)23(3,4)20-12-7-17(2)22(15-20)18-8-13-21(24)14-9-18/h5-6,8-11,13-14,17,20,22,24H,7,12,15H2,1-4H3. The molecule has 0 aromatic heterocycles. The number of hydrogen-bond acceptors (Lipinski definition) is 1. The lowest BCUT2D eigenvalue weighted by Gasteiger charge is -2.43. The van der Waals surface area contributed by atoms with Crippen LogP contribution in [0.1, 0.15) is 62.6 Å². The molecule has 24 heavy (non-hydrogen) atoms. The van der Waals surface area contributed by atoms with E-state index in [0.29, 0.717) is 23.5 Å². The second kappa shape index (κ2) is 6.63. The Morgan fingerprint density at radius 3 is 2.17 bits per heavy atom. The Bertz CT molecular complexity index is 666. The van der Waals surface area contributed by atoms with E-state index in [4.69, 9.17) is 0 Å². The first-order valence-corrected chi connectivity index (χ1v) is 9.24. The molecule has 1 aliphatic carbocycles. The Labute approximate surface area is 146 Å². The molecule has 0 heterocycles. The Kier molecular flexibility index (Phi) is 4.71. The largest absolute Gasteiger partial charge is 0.508 e. The van der Waals surface area contributed by atoms with Crippen molar-refractivity contribution in [2.45, 2.75) is 58.3 Å². The molecule has 0 bridgehead atoms. The lowest BCUT2D eigenvalue weighted by atomic mass is 9.62. The highest BCUT2D eigenvalue weighted by Crippen LogP contribution is 2.48. The highest BCUT2D eigenvalue weighted by molar-refractivity contribution is 5.31. The zero-order valence-electron chi connectivity index (χ0n) is 15.4. The zero-order valence-corrected chi connectivity index (χ0v) is 15.4. The van der Waals surface area contributed by atoms with E-state index in [2.05, 4.69) is 64.1 Å². The molecule has 2 aromatic rings. The molecule has 0 aliphatic heterocycles. The first-order valence-electron chi connectivity index (χ1n) is 9.24. The first-order chi connectivity index (χ1) is 11.4. The third kappa shape index (κ3) is 3.36. The van der Waals surface area contributed by atoms with E-state index in [9.17, 15) is 5.11 Å². The molecule has 2 aromatic carbocycles. The number of phenols is 1. The van der Waals surface area contributed by atoms with Crippen LogP contribution in [-0.4, -0.2) is 5.11 Å². The first kappa shape index (κ1) is 17.1. The normalized spacial score (nSPS) is 24.8. The van der Waals surface area contributed by atoms with E-state index in [1.165, 1.54) is 36.0 Å². The number of aryl methyl sites for hydroxylation is 1.